The van der Waals surface area contributed by atoms with Crippen molar-refractivity contribution >= 4 is 20.8 Å². The number of rotatable bonds is 0. The molecule has 0 saturated carbocycles. The fourth-order valence-electron chi connectivity index (χ4n) is 0. The summed E-state index contributed by atoms with van der Waals surface area (Å²) in [6.45, 7) is 0. The molecule has 0 spiro atoms. The van der Waals surface area contributed by atoms with Gasteiger partial charge in [0, 0.05) is 27.5 Å². The quantitative estimate of drug-likeness (QED) is 0.252. The Labute approximate surface area is 171 Å². The summed E-state index contributed by atoms with van der Waals surface area (Å²) < 4.78 is 65.7. The molecular weight excluding hydrogens is 326 g/mol. The van der Waals surface area contributed by atoms with Crippen LogP contribution in [0.25, 0.3) is 0 Å². The molecule has 0 radical (unpaired) electrons. The fourth-order valence-corrected chi connectivity index (χ4v) is 0. The first-order valence-electron chi connectivity index (χ1n) is 1.37. The van der Waals surface area contributed by atoms with Crippen molar-refractivity contribution < 1.29 is 155 Å². The summed E-state index contributed by atoms with van der Waals surface area (Å²) in [5.41, 5.74) is 0. The minimum atomic E-state index is -5.17. The molecule has 0 bridgehead atoms. The molecule has 2 N–H and O–H groups in total. The molecule has 0 aliphatic carbocycles. The molecule has 13 heteroatoms. The summed E-state index contributed by atoms with van der Waals surface area (Å²) in [6.07, 6.45) is 0. The Kier molecular flexibility index (Phi) is 31.4. The third-order valence-corrected chi connectivity index (χ3v) is 0. The first kappa shape index (κ1) is 30.0. The molecule has 0 aliphatic heterocycles. The van der Waals surface area contributed by atoms with E-state index in [-0.39, 0.29) is 120 Å². The van der Waals surface area contributed by atoms with Crippen molar-refractivity contribution in [3.8, 4) is 0 Å². The third kappa shape index (κ3) is 228. The van der Waals surface area contributed by atoms with Crippen LogP contribution in [0.4, 0.5) is 0 Å². The predicted molar refractivity (Wildman–Crippen MR) is 24.7 cm³/mol. The van der Waals surface area contributed by atoms with E-state index in [1.54, 1.807) is 0 Å². The van der Waals surface area contributed by atoms with Crippen molar-refractivity contribution in [2.75, 3.05) is 0 Å². The molecule has 0 heterocycles. The normalized spacial score (nSPS) is 8.92. The zero-order valence-electron chi connectivity index (χ0n) is 6.51. The maximum Gasteiger partial charge on any atom is 1.00 e. The summed E-state index contributed by atoms with van der Waals surface area (Å²) in [4.78, 5) is 0. The van der Waals surface area contributed by atoms with Gasteiger partial charge in [-0.2, -0.15) is 8.42 Å². The molecule has 0 atom stereocenters. The Balaban J connectivity index is -0.0000000267. The molecule has 0 rings (SSSR count). The van der Waals surface area contributed by atoms with E-state index in [2.05, 4.69) is 0 Å². The fraction of sp³-hybridized carbons (Fsp3) is 0. The molecule has 0 fully saturated rings. The van der Waals surface area contributed by atoms with Gasteiger partial charge in [0.2, 0.25) is 0 Å². The van der Waals surface area contributed by atoms with Crippen LogP contribution >= 0.6 is 0 Å². The van der Waals surface area contributed by atoms with Crippen LogP contribution in [0.5, 0.6) is 0 Å². The molecule has 72 valence electrons. The van der Waals surface area contributed by atoms with E-state index in [0.29, 0.717) is 0 Å². The van der Waals surface area contributed by atoms with E-state index in [1.165, 1.54) is 0 Å². The van der Waals surface area contributed by atoms with Crippen molar-refractivity contribution in [3.05, 3.63) is 0 Å². The van der Waals surface area contributed by atoms with Gasteiger partial charge in [-0.15, -0.1) is 0 Å². The van der Waals surface area contributed by atoms with Gasteiger partial charge in [-0.1, -0.05) is 0 Å². The van der Waals surface area contributed by atoms with Gasteiger partial charge in [0.05, 0.1) is 0 Å². The van der Waals surface area contributed by atoms with Crippen LogP contribution in [-0.2, 0) is 37.9 Å². The predicted octanol–water partition coefficient (Wildman–Crippen LogP) is -7.99. The third-order valence-electron chi connectivity index (χ3n) is 0. The van der Waals surface area contributed by atoms with E-state index < -0.39 is 20.8 Å². The number of hydrogen-bond acceptors (Lipinski definition) is 6. The molecule has 13 heavy (non-hydrogen) atoms. The molecule has 0 amide bonds. The smallest absolute Gasteiger partial charge is 0.759 e. The molecule has 0 aromatic heterocycles. The van der Waals surface area contributed by atoms with Crippen molar-refractivity contribution in [3.63, 3.8) is 0 Å². The van der Waals surface area contributed by atoms with E-state index in [9.17, 15) is 0 Å². The molecular formula is H2FeK2O8S2. The Bertz CT molecular complexity index is 217. The van der Waals surface area contributed by atoms with Crippen molar-refractivity contribution in [2.24, 2.45) is 0 Å². The van der Waals surface area contributed by atoms with Gasteiger partial charge in [0.15, 0.2) is 0 Å². The van der Waals surface area contributed by atoms with Gasteiger partial charge in [-0.3, -0.25) is 17.5 Å². The van der Waals surface area contributed by atoms with Crippen LogP contribution in [0.1, 0.15) is 0 Å². The minimum Gasteiger partial charge on any atom is -0.759 e. The summed E-state index contributed by atoms with van der Waals surface area (Å²) >= 11 is 0. The van der Waals surface area contributed by atoms with Gasteiger partial charge in [-0.25, -0.2) is 0 Å². The molecule has 8 nitrogen and oxygen atoms in total. The minimum absolute atomic E-state index is 0. The monoisotopic (exact) mass is 328 g/mol. The molecule has 0 unspecified atom stereocenters. The van der Waals surface area contributed by atoms with Gasteiger partial charge in [-0.05, 0) is 0 Å². The van der Waals surface area contributed by atoms with Crippen LogP contribution in [0, 0.1) is 0 Å². The molecule has 0 aliphatic rings. The average Bonchev–Trinajstić information content (AvgIpc) is 1.12. The van der Waals surface area contributed by atoms with Crippen LogP contribution in [0.15, 0.2) is 0 Å². The first-order chi connectivity index (χ1) is 4.00. The standard InChI is InChI=1S/Fe.2K.2H2O4S/c;;;2*1-5(2,3)4/h;;;2*(H2,1,2,3,4)/q;2*+1;;/p-2. The largest absolute Gasteiger partial charge is 1.00 e. The van der Waals surface area contributed by atoms with Crippen LogP contribution in [0.3, 0.4) is 0 Å². The first-order valence-corrected chi connectivity index (χ1v) is 4.10. The van der Waals surface area contributed by atoms with Crippen LogP contribution < -0.4 is 103 Å². The van der Waals surface area contributed by atoms with Crippen molar-refractivity contribution in [1.29, 1.82) is 0 Å². The van der Waals surface area contributed by atoms with E-state index in [4.69, 9.17) is 35.0 Å². The second-order valence-electron chi connectivity index (χ2n) is 0.856. The maximum absolute atomic E-state index is 8.74. The molecule has 0 saturated heterocycles. The second-order valence-corrected chi connectivity index (χ2v) is 2.57. The van der Waals surface area contributed by atoms with E-state index >= 15 is 0 Å². The Morgan fingerprint density at radius 2 is 0.846 bits per heavy atom. The van der Waals surface area contributed by atoms with Gasteiger partial charge in [0.25, 0.3) is 0 Å². The topological polar surface area (TPSA) is 155 Å². The maximum atomic E-state index is 8.74. The van der Waals surface area contributed by atoms with Gasteiger partial charge < -0.3 is 9.11 Å². The Hall–Kier alpha value is 3.53. The van der Waals surface area contributed by atoms with E-state index in [1.807, 2.05) is 0 Å². The van der Waals surface area contributed by atoms with Crippen LogP contribution in [-0.4, -0.2) is 35.0 Å². The summed E-state index contributed by atoms with van der Waals surface area (Å²) in [6, 6.07) is 0. The van der Waals surface area contributed by atoms with Crippen LogP contribution in [0.2, 0.25) is 0 Å². The number of hydrogen-bond donors (Lipinski definition) is 2. The van der Waals surface area contributed by atoms with Crippen molar-refractivity contribution in [2.45, 2.75) is 0 Å². The SMILES string of the molecule is O=S(=O)(O)O.O=S(=O)([O-])[O-].[Fe].[K+].[K+]. The average molecular weight is 328 g/mol. The summed E-state index contributed by atoms with van der Waals surface area (Å²) in [5, 5.41) is 0. The summed E-state index contributed by atoms with van der Waals surface area (Å²) in [5.74, 6) is 0. The molecule has 0 aromatic rings. The Morgan fingerprint density at radius 1 is 0.846 bits per heavy atom. The molecule has 0 aromatic carbocycles. The van der Waals surface area contributed by atoms with Gasteiger partial charge >= 0.3 is 113 Å². The second kappa shape index (κ2) is 13.6. The van der Waals surface area contributed by atoms with Gasteiger partial charge in [0.1, 0.15) is 0 Å². The zero-order chi connectivity index (χ0) is 9.00. The van der Waals surface area contributed by atoms with Crippen molar-refractivity contribution in [1.82, 2.24) is 0 Å². The zero-order valence-corrected chi connectivity index (χ0v) is 15.5. The summed E-state index contributed by atoms with van der Waals surface area (Å²) in [7, 11) is -9.83. The van der Waals surface area contributed by atoms with E-state index in [0.717, 1.165) is 0 Å². The Morgan fingerprint density at radius 3 is 0.846 bits per heavy atom.